The molecule has 2 rings (SSSR count). The summed E-state index contributed by atoms with van der Waals surface area (Å²) in [6.45, 7) is 3.84. The standard InChI is InChI=1S/C19H27N5O3/c1-22(15-19(26)23(2)9-3-8-20)14-18(25)21-16-4-6-17(7-5-16)24-10-12-27-13-11-24/h4-7H,3,9-15H2,1-2H3,(H,21,25). The van der Waals surface area contributed by atoms with Crippen LogP contribution >= 0.6 is 0 Å². The number of benzene rings is 1. The molecule has 1 aromatic rings. The Morgan fingerprint density at radius 3 is 2.48 bits per heavy atom. The summed E-state index contributed by atoms with van der Waals surface area (Å²) in [6.07, 6.45) is 0.299. The van der Waals surface area contributed by atoms with Crippen molar-refractivity contribution in [3.05, 3.63) is 24.3 Å². The second-order valence-corrected chi connectivity index (χ2v) is 6.59. The largest absolute Gasteiger partial charge is 0.378 e. The van der Waals surface area contributed by atoms with Gasteiger partial charge in [0.15, 0.2) is 0 Å². The van der Waals surface area contributed by atoms with Crippen molar-refractivity contribution in [2.45, 2.75) is 6.42 Å². The van der Waals surface area contributed by atoms with Gasteiger partial charge in [-0.1, -0.05) is 0 Å². The molecule has 2 amide bonds. The van der Waals surface area contributed by atoms with E-state index in [1.807, 2.05) is 30.3 Å². The van der Waals surface area contributed by atoms with Gasteiger partial charge in [0.1, 0.15) is 0 Å². The molecule has 1 aliphatic rings. The molecule has 1 fully saturated rings. The van der Waals surface area contributed by atoms with Crippen LogP contribution in [0.25, 0.3) is 0 Å². The van der Waals surface area contributed by atoms with Crippen molar-refractivity contribution in [2.24, 2.45) is 0 Å². The Bertz CT molecular complexity index is 665. The van der Waals surface area contributed by atoms with Gasteiger partial charge in [-0.25, -0.2) is 0 Å². The monoisotopic (exact) mass is 373 g/mol. The molecule has 0 spiro atoms. The fraction of sp³-hybridized carbons (Fsp3) is 0.526. The third kappa shape index (κ3) is 6.89. The molecule has 0 saturated carbocycles. The van der Waals surface area contributed by atoms with E-state index in [0.717, 1.165) is 37.7 Å². The zero-order valence-electron chi connectivity index (χ0n) is 16.0. The Balaban J connectivity index is 1.77. The highest BCUT2D eigenvalue weighted by Crippen LogP contribution is 2.19. The molecule has 0 aromatic heterocycles. The van der Waals surface area contributed by atoms with Crippen molar-refractivity contribution in [1.29, 1.82) is 5.26 Å². The van der Waals surface area contributed by atoms with Crippen LogP contribution in [0.1, 0.15) is 6.42 Å². The molecule has 1 N–H and O–H groups in total. The number of morpholine rings is 1. The number of nitrogens with one attached hydrogen (secondary N) is 1. The molecule has 27 heavy (non-hydrogen) atoms. The van der Waals surface area contributed by atoms with Crippen LogP contribution in [0, 0.1) is 11.3 Å². The van der Waals surface area contributed by atoms with Crippen LogP contribution in [0.2, 0.25) is 0 Å². The van der Waals surface area contributed by atoms with Gasteiger partial charge in [-0.05, 0) is 31.3 Å². The summed E-state index contributed by atoms with van der Waals surface area (Å²) in [7, 11) is 3.38. The minimum absolute atomic E-state index is 0.114. The number of hydrogen-bond acceptors (Lipinski definition) is 6. The summed E-state index contributed by atoms with van der Waals surface area (Å²) in [5.74, 6) is -0.292. The summed E-state index contributed by atoms with van der Waals surface area (Å²) < 4.78 is 5.35. The van der Waals surface area contributed by atoms with Gasteiger partial charge in [-0.2, -0.15) is 5.26 Å². The Hall–Kier alpha value is -2.63. The first-order chi connectivity index (χ1) is 13.0. The SMILES string of the molecule is CN(CC(=O)Nc1ccc(N2CCOCC2)cc1)CC(=O)N(C)CCC#N. The van der Waals surface area contributed by atoms with E-state index < -0.39 is 0 Å². The van der Waals surface area contributed by atoms with Crippen LogP contribution in [0.5, 0.6) is 0 Å². The number of anilines is 2. The van der Waals surface area contributed by atoms with Gasteiger partial charge in [-0.15, -0.1) is 0 Å². The first kappa shape index (κ1) is 20.7. The Labute approximate surface area is 160 Å². The average Bonchev–Trinajstić information content (AvgIpc) is 2.67. The molecule has 0 bridgehead atoms. The lowest BCUT2D eigenvalue weighted by molar-refractivity contribution is -0.131. The van der Waals surface area contributed by atoms with Crippen LogP contribution in [-0.2, 0) is 14.3 Å². The molecular weight excluding hydrogens is 346 g/mol. The number of likely N-dealkylation sites (N-methyl/N-ethyl adjacent to an activating group) is 2. The molecule has 0 atom stereocenters. The number of ether oxygens (including phenoxy) is 1. The van der Waals surface area contributed by atoms with Crippen molar-refractivity contribution >= 4 is 23.2 Å². The molecule has 1 aliphatic heterocycles. The third-order valence-electron chi connectivity index (χ3n) is 4.33. The molecule has 146 valence electrons. The number of nitriles is 1. The van der Waals surface area contributed by atoms with Gasteiger partial charge in [0, 0.05) is 38.1 Å². The van der Waals surface area contributed by atoms with Gasteiger partial charge < -0.3 is 19.9 Å². The van der Waals surface area contributed by atoms with Crippen LogP contribution in [-0.4, -0.2) is 81.6 Å². The molecule has 0 unspecified atom stereocenters. The molecular formula is C19H27N5O3. The van der Waals surface area contributed by atoms with Crippen LogP contribution in [0.15, 0.2) is 24.3 Å². The van der Waals surface area contributed by atoms with Crippen LogP contribution < -0.4 is 10.2 Å². The van der Waals surface area contributed by atoms with Gasteiger partial charge in [-0.3, -0.25) is 14.5 Å². The van der Waals surface area contributed by atoms with Gasteiger partial charge in [0.25, 0.3) is 0 Å². The Morgan fingerprint density at radius 2 is 1.85 bits per heavy atom. The summed E-state index contributed by atoms with van der Waals surface area (Å²) >= 11 is 0. The molecule has 1 saturated heterocycles. The highest BCUT2D eigenvalue weighted by Gasteiger charge is 2.15. The van der Waals surface area contributed by atoms with Gasteiger partial charge >= 0.3 is 0 Å². The van der Waals surface area contributed by atoms with E-state index in [-0.39, 0.29) is 24.9 Å². The minimum Gasteiger partial charge on any atom is -0.378 e. The maximum atomic E-state index is 12.2. The third-order valence-corrected chi connectivity index (χ3v) is 4.33. The second-order valence-electron chi connectivity index (χ2n) is 6.59. The van der Waals surface area contributed by atoms with E-state index in [4.69, 9.17) is 10.00 Å². The predicted octanol–water partition coefficient (Wildman–Crippen LogP) is 0.766. The fourth-order valence-corrected chi connectivity index (χ4v) is 2.77. The average molecular weight is 373 g/mol. The van der Waals surface area contributed by atoms with Crippen LogP contribution in [0.3, 0.4) is 0 Å². The van der Waals surface area contributed by atoms with E-state index in [2.05, 4.69) is 10.2 Å². The quantitative estimate of drug-likeness (QED) is 0.724. The van der Waals surface area contributed by atoms with E-state index >= 15 is 0 Å². The highest BCUT2D eigenvalue weighted by molar-refractivity contribution is 5.92. The van der Waals surface area contributed by atoms with Gasteiger partial charge in [0.2, 0.25) is 11.8 Å². The van der Waals surface area contributed by atoms with E-state index in [1.165, 1.54) is 4.90 Å². The summed E-state index contributed by atoms with van der Waals surface area (Å²) in [5, 5.41) is 11.4. The summed E-state index contributed by atoms with van der Waals surface area (Å²) in [6, 6.07) is 9.74. The number of amides is 2. The van der Waals surface area contributed by atoms with Crippen molar-refractivity contribution in [2.75, 3.05) is 70.2 Å². The maximum absolute atomic E-state index is 12.2. The van der Waals surface area contributed by atoms with Crippen molar-refractivity contribution in [3.63, 3.8) is 0 Å². The van der Waals surface area contributed by atoms with E-state index in [0.29, 0.717) is 13.0 Å². The van der Waals surface area contributed by atoms with Crippen molar-refractivity contribution < 1.29 is 14.3 Å². The fourth-order valence-electron chi connectivity index (χ4n) is 2.77. The topological polar surface area (TPSA) is 88.9 Å². The number of nitrogens with zero attached hydrogens (tertiary/aromatic N) is 4. The summed E-state index contributed by atoms with van der Waals surface area (Å²) in [4.78, 5) is 29.6. The Morgan fingerprint density at radius 1 is 1.19 bits per heavy atom. The van der Waals surface area contributed by atoms with Crippen molar-refractivity contribution in [3.8, 4) is 6.07 Å². The first-order valence-electron chi connectivity index (χ1n) is 9.01. The lowest BCUT2D eigenvalue weighted by Gasteiger charge is -2.28. The molecule has 0 radical (unpaired) electrons. The normalized spacial score (nSPS) is 13.9. The summed E-state index contributed by atoms with van der Waals surface area (Å²) in [5.41, 5.74) is 1.84. The first-order valence-corrected chi connectivity index (χ1v) is 9.01. The second kappa shape index (κ2) is 10.5. The van der Waals surface area contributed by atoms with E-state index in [1.54, 1.807) is 19.0 Å². The molecule has 8 nitrogen and oxygen atoms in total. The molecule has 8 heteroatoms. The zero-order valence-corrected chi connectivity index (χ0v) is 16.0. The van der Waals surface area contributed by atoms with E-state index in [9.17, 15) is 9.59 Å². The Kier molecular flexibility index (Phi) is 8.04. The van der Waals surface area contributed by atoms with Crippen LogP contribution in [0.4, 0.5) is 11.4 Å². The zero-order chi connectivity index (χ0) is 19.6. The predicted molar refractivity (Wildman–Crippen MR) is 103 cm³/mol. The smallest absolute Gasteiger partial charge is 0.238 e. The molecule has 0 aliphatic carbocycles. The number of rotatable bonds is 8. The molecule has 1 heterocycles. The maximum Gasteiger partial charge on any atom is 0.238 e. The minimum atomic E-state index is -0.177. The number of hydrogen-bond donors (Lipinski definition) is 1. The number of carbonyl (C=O) groups excluding carboxylic acids is 2. The highest BCUT2D eigenvalue weighted by atomic mass is 16.5. The lowest BCUT2D eigenvalue weighted by atomic mass is 10.2. The lowest BCUT2D eigenvalue weighted by Crippen LogP contribution is -2.40. The van der Waals surface area contributed by atoms with Gasteiger partial charge in [0.05, 0.1) is 38.8 Å². The number of carbonyl (C=O) groups is 2. The molecule has 1 aromatic carbocycles. The van der Waals surface area contributed by atoms with Crippen molar-refractivity contribution in [1.82, 2.24) is 9.80 Å².